The minimum absolute atomic E-state index is 0.766. The van der Waals surface area contributed by atoms with Crippen molar-refractivity contribution in [1.29, 1.82) is 0 Å². The largest absolute Gasteiger partial charge is 0.369 e. The van der Waals surface area contributed by atoms with Gasteiger partial charge in [-0.2, -0.15) is 5.10 Å². The molecule has 1 saturated carbocycles. The van der Waals surface area contributed by atoms with Crippen LogP contribution in [0.3, 0.4) is 0 Å². The molecule has 0 aliphatic heterocycles. The molecule has 1 N–H and O–H groups in total. The average Bonchev–Trinajstić information content (AvgIpc) is 3.09. The molecule has 21 heavy (non-hydrogen) atoms. The van der Waals surface area contributed by atoms with E-state index in [1.54, 1.807) is 0 Å². The third kappa shape index (κ3) is 3.40. The molecule has 0 radical (unpaired) electrons. The highest BCUT2D eigenvalue weighted by Gasteiger charge is 2.14. The first-order chi connectivity index (χ1) is 10.2. The van der Waals surface area contributed by atoms with E-state index in [0.717, 1.165) is 35.5 Å². The standard InChI is InChI=1S/C16H23N5/c1-12-11-13(2)21(20-12)16-8-7-15(18-19-16)17-10-9-14-5-3-4-6-14/h7-8,11,14H,3-6,9-10H2,1-2H3,(H,17,18). The molecular weight excluding hydrogens is 262 g/mol. The van der Waals surface area contributed by atoms with Gasteiger partial charge in [0, 0.05) is 12.2 Å². The zero-order chi connectivity index (χ0) is 14.7. The number of nitrogens with zero attached hydrogens (tertiary/aromatic N) is 4. The van der Waals surface area contributed by atoms with Crippen LogP contribution in [0.5, 0.6) is 0 Å². The van der Waals surface area contributed by atoms with Crippen LogP contribution in [0.4, 0.5) is 5.82 Å². The van der Waals surface area contributed by atoms with Gasteiger partial charge in [0.05, 0.1) is 5.69 Å². The minimum Gasteiger partial charge on any atom is -0.369 e. The summed E-state index contributed by atoms with van der Waals surface area (Å²) in [4.78, 5) is 0. The van der Waals surface area contributed by atoms with Gasteiger partial charge in [0.2, 0.25) is 0 Å². The first-order valence-electron chi connectivity index (χ1n) is 7.83. The lowest BCUT2D eigenvalue weighted by Crippen LogP contribution is -2.09. The summed E-state index contributed by atoms with van der Waals surface area (Å²) in [5.74, 6) is 2.51. The maximum Gasteiger partial charge on any atom is 0.176 e. The van der Waals surface area contributed by atoms with Crippen LogP contribution >= 0.6 is 0 Å². The van der Waals surface area contributed by atoms with E-state index >= 15 is 0 Å². The summed E-state index contributed by atoms with van der Waals surface area (Å²) >= 11 is 0. The van der Waals surface area contributed by atoms with Gasteiger partial charge in [0.25, 0.3) is 0 Å². The monoisotopic (exact) mass is 285 g/mol. The van der Waals surface area contributed by atoms with Crippen molar-refractivity contribution in [2.24, 2.45) is 5.92 Å². The molecule has 1 fully saturated rings. The van der Waals surface area contributed by atoms with Gasteiger partial charge in [-0.1, -0.05) is 25.7 Å². The second-order valence-corrected chi connectivity index (χ2v) is 5.98. The Kier molecular flexibility index (Phi) is 4.18. The Morgan fingerprint density at radius 2 is 2.00 bits per heavy atom. The Balaban J connectivity index is 1.57. The van der Waals surface area contributed by atoms with Crippen LogP contribution in [0, 0.1) is 19.8 Å². The lowest BCUT2D eigenvalue weighted by molar-refractivity contribution is 0.518. The fourth-order valence-corrected chi connectivity index (χ4v) is 3.10. The van der Waals surface area contributed by atoms with E-state index in [-0.39, 0.29) is 0 Å². The molecule has 112 valence electrons. The third-order valence-electron chi connectivity index (χ3n) is 4.21. The minimum atomic E-state index is 0.766. The number of hydrogen-bond acceptors (Lipinski definition) is 4. The summed E-state index contributed by atoms with van der Waals surface area (Å²) in [6.07, 6.45) is 6.83. The topological polar surface area (TPSA) is 55.6 Å². The summed E-state index contributed by atoms with van der Waals surface area (Å²) in [5, 5.41) is 16.3. The smallest absolute Gasteiger partial charge is 0.176 e. The van der Waals surface area contributed by atoms with Crippen molar-refractivity contribution in [2.75, 3.05) is 11.9 Å². The zero-order valence-electron chi connectivity index (χ0n) is 12.8. The summed E-state index contributed by atoms with van der Waals surface area (Å²) < 4.78 is 1.82. The van der Waals surface area contributed by atoms with Crippen LogP contribution in [0.2, 0.25) is 0 Å². The molecular formula is C16H23N5. The van der Waals surface area contributed by atoms with E-state index in [2.05, 4.69) is 20.6 Å². The van der Waals surface area contributed by atoms with Gasteiger partial charge in [-0.05, 0) is 44.4 Å². The van der Waals surface area contributed by atoms with E-state index in [1.165, 1.54) is 32.1 Å². The first-order valence-corrected chi connectivity index (χ1v) is 7.83. The van der Waals surface area contributed by atoms with Crippen molar-refractivity contribution in [3.63, 3.8) is 0 Å². The molecule has 1 aliphatic carbocycles. The zero-order valence-corrected chi connectivity index (χ0v) is 12.8. The molecule has 2 aromatic heterocycles. The van der Waals surface area contributed by atoms with Crippen LogP contribution in [-0.2, 0) is 0 Å². The van der Waals surface area contributed by atoms with Crippen molar-refractivity contribution in [3.05, 3.63) is 29.6 Å². The summed E-state index contributed by atoms with van der Waals surface area (Å²) in [6.45, 7) is 4.99. The number of hydrogen-bond donors (Lipinski definition) is 1. The highest BCUT2D eigenvalue weighted by molar-refractivity contribution is 5.36. The highest BCUT2D eigenvalue weighted by Crippen LogP contribution is 2.27. The third-order valence-corrected chi connectivity index (χ3v) is 4.21. The molecule has 3 rings (SSSR count). The van der Waals surface area contributed by atoms with E-state index in [4.69, 9.17) is 0 Å². The molecule has 1 aliphatic rings. The lowest BCUT2D eigenvalue weighted by atomic mass is 10.0. The Labute approximate surface area is 125 Å². The molecule has 5 nitrogen and oxygen atoms in total. The van der Waals surface area contributed by atoms with E-state index in [9.17, 15) is 0 Å². The van der Waals surface area contributed by atoms with E-state index in [0.29, 0.717) is 0 Å². The molecule has 5 heteroatoms. The van der Waals surface area contributed by atoms with Crippen LogP contribution in [0.1, 0.15) is 43.5 Å². The number of aromatic nitrogens is 4. The fraction of sp³-hybridized carbons (Fsp3) is 0.562. The van der Waals surface area contributed by atoms with Gasteiger partial charge in [-0.15, -0.1) is 10.2 Å². The maximum atomic E-state index is 4.42. The van der Waals surface area contributed by atoms with Gasteiger partial charge in [-0.25, -0.2) is 4.68 Å². The number of nitrogens with one attached hydrogen (secondary N) is 1. The predicted octanol–water partition coefficient (Wildman–Crippen LogP) is 3.27. The summed E-state index contributed by atoms with van der Waals surface area (Å²) in [7, 11) is 0. The quantitative estimate of drug-likeness (QED) is 0.916. The SMILES string of the molecule is Cc1cc(C)n(-c2ccc(NCCC3CCCC3)nn2)n1. The molecule has 0 bridgehead atoms. The Hall–Kier alpha value is -1.91. The van der Waals surface area contributed by atoms with Crippen molar-refractivity contribution in [1.82, 2.24) is 20.0 Å². The summed E-state index contributed by atoms with van der Waals surface area (Å²) in [5.41, 5.74) is 2.07. The highest BCUT2D eigenvalue weighted by atomic mass is 15.4. The molecule has 2 aromatic rings. The molecule has 0 spiro atoms. The van der Waals surface area contributed by atoms with Crippen molar-refractivity contribution in [3.8, 4) is 5.82 Å². The van der Waals surface area contributed by atoms with Gasteiger partial charge >= 0.3 is 0 Å². The second-order valence-electron chi connectivity index (χ2n) is 5.98. The summed E-state index contributed by atoms with van der Waals surface area (Å²) in [6, 6.07) is 5.98. The normalized spacial score (nSPS) is 15.5. The molecule has 2 heterocycles. The lowest BCUT2D eigenvalue weighted by Gasteiger charge is -2.10. The first kappa shape index (κ1) is 14.0. The van der Waals surface area contributed by atoms with Crippen molar-refractivity contribution in [2.45, 2.75) is 46.0 Å². The second kappa shape index (κ2) is 6.24. The van der Waals surface area contributed by atoms with Gasteiger partial charge in [-0.3, -0.25) is 0 Å². The average molecular weight is 285 g/mol. The Morgan fingerprint density at radius 3 is 2.62 bits per heavy atom. The van der Waals surface area contributed by atoms with Gasteiger partial charge in [0.15, 0.2) is 5.82 Å². The molecule has 0 unspecified atom stereocenters. The molecule has 0 aromatic carbocycles. The molecule has 0 saturated heterocycles. The van der Waals surface area contributed by atoms with E-state index in [1.807, 2.05) is 36.7 Å². The molecule has 0 atom stereocenters. The van der Waals surface area contributed by atoms with Crippen LogP contribution in [0.15, 0.2) is 18.2 Å². The Bertz CT molecular complexity index is 581. The van der Waals surface area contributed by atoms with Crippen LogP contribution < -0.4 is 5.32 Å². The van der Waals surface area contributed by atoms with Crippen molar-refractivity contribution >= 4 is 5.82 Å². The molecule has 0 amide bonds. The number of anilines is 1. The predicted molar refractivity (Wildman–Crippen MR) is 83.7 cm³/mol. The van der Waals surface area contributed by atoms with Gasteiger partial charge < -0.3 is 5.32 Å². The van der Waals surface area contributed by atoms with Crippen LogP contribution in [0.25, 0.3) is 5.82 Å². The number of aryl methyl sites for hydroxylation is 2. The number of rotatable bonds is 5. The van der Waals surface area contributed by atoms with Gasteiger partial charge in [0.1, 0.15) is 5.82 Å². The van der Waals surface area contributed by atoms with E-state index < -0.39 is 0 Å². The van der Waals surface area contributed by atoms with Crippen LogP contribution in [-0.4, -0.2) is 26.5 Å². The fourth-order valence-electron chi connectivity index (χ4n) is 3.10. The van der Waals surface area contributed by atoms with Crippen molar-refractivity contribution < 1.29 is 0 Å². The maximum absolute atomic E-state index is 4.42. The Morgan fingerprint density at radius 1 is 1.19 bits per heavy atom.